The number of ether oxygens (including phenoxy) is 1. The van der Waals surface area contributed by atoms with Gasteiger partial charge in [0, 0.05) is 11.1 Å². The van der Waals surface area contributed by atoms with E-state index in [1.165, 1.54) is 13.2 Å². The van der Waals surface area contributed by atoms with Crippen LogP contribution in [0.5, 0.6) is 17.2 Å². The quantitative estimate of drug-likeness (QED) is 0.395. The molecule has 0 heterocycles. The summed E-state index contributed by atoms with van der Waals surface area (Å²) in [7, 11) is -3.30. The van der Waals surface area contributed by atoms with E-state index in [1.807, 2.05) is 6.07 Å². The van der Waals surface area contributed by atoms with Gasteiger partial charge in [-0.25, -0.2) is 8.42 Å². The van der Waals surface area contributed by atoms with E-state index in [-0.39, 0.29) is 62.9 Å². The van der Waals surface area contributed by atoms with Gasteiger partial charge in [-0.3, -0.25) is 4.18 Å². The molecule has 2 aromatic carbocycles. The van der Waals surface area contributed by atoms with Crippen molar-refractivity contribution < 1.29 is 83.5 Å². The van der Waals surface area contributed by atoms with Crippen molar-refractivity contribution in [2.45, 2.75) is 44.6 Å². The minimum atomic E-state index is -4.77. The summed E-state index contributed by atoms with van der Waals surface area (Å²) in [6.07, 6.45) is 2.68. The van der Waals surface area contributed by atoms with Crippen molar-refractivity contribution in [3.8, 4) is 28.4 Å². The fourth-order valence-corrected chi connectivity index (χ4v) is 4.09. The second-order valence-electron chi connectivity index (χ2n) is 6.96. The fraction of sp³-hybridized carbons (Fsp3) is 0.400. The molecule has 0 aromatic heterocycles. The molecule has 0 unspecified atom stereocenters. The minimum Gasteiger partial charge on any atom is -0.726 e. The Morgan fingerprint density at radius 1 is 1.00 bits per heavy atom. The van der Waals surface area contributed by atoms with Gasteiger partial charge in [0.1, 0.15) is 5.75 Å². The molecule has 9 heteroatoms. The SMILES string of the molecule is COc1cc2cc(c1O)-c1cc(ccc1O)CC[C@H](OS(=O)(=O)[O-])CCCC2.[K+]. The standard InChI is InChI=1S/C20H24O7S.K/c1-26-19-12-14-4-2-3-5-15(27-28(23,24)25)8-6-13-7-9-18(21)16(10-13)17(11-14)20(19)22;/h7,9-12,15,21-22H,2-6,8H2,1H3,(H,23,24,25);/q;+1/p-1/t15-;/m1./s1. The molecule has 0 spiro atoms. The third-order valence-corrected chi connectivity index (χ3v) is 5.46. The zero-order valence-electron chi connectivity index (χ0n) is 16.6. The number of fused-ring (bicyclic) bond motifs is 5. The van der Waals surface area contributed by atoms with Crippen LogP contribution in [-0.2, 0) is 27.4 Å². The first-order chi connectivity index (χ1) is 13.3. The molecule has 152 valence electrons. The van der Waals surface area contributed by atoms with Crippen molar-refractivity contribution in [3.05, 3.63) is 41.5 Å². The molecule has 2 N–H and O–H groups in total. The smallest absolute Gasteiger partial charge is 0.726 e. The second kappa shape index (κ2) is 10.6. The van der Waals surface area contributed by atoms with E-state index in [0.717, 1.165) is 17.5 Å². The maximum Gasteiger partial charge on any atom is 1.00 e. The van der Waals surface area contributed by atoms with Crippen LogP contribution in [0, 0.1) is 0 Å². The summed E-state index contributed by atoms with van der Waals surface area (Å²) in [6.45, 7) is 0. The van der Waals surface area contributed by atoms with Crippen LogP contribution in [-0.4, -0.2) is 36.4 Å². The van der Waals surface area contributed by atoms with Crippen LogP contribution in [0.15, 0.2) is 30.3 Å². The number of hydrogen-bond acceptors (Lipinski definition) is 7. The summed E-state index contributed by atoms with van der Waals surface area (Å²) in [5.74, 6) is 0.293. The molecule has 29 heavy (non-hydrogen) atoms. The first kappa shape index (κ1) is 24.6. The van der Waals surface area contributed by atoms with Gasteiger partial charge in [-0.1, -0.05) is 12.5 Å². The Labute approximate surface area is 213 Å². The molecule has 1 aliphatic rings. The van der Waals surface area contributed by atoms with E-state index in [2.05, 4.69) is 0 Å². The first-order valence-corrected chi connectivity index (χ1v) is 10.5. The molecule has 0 saturated heterocycles. The predicted octanol–water partition coefficient (Wildman–Crippen LogP) is 0.282. The van der Waals surface area contributed by atoms with Gasteiger partial charge in [-0.2, -0.15) is 0 Å². The Bertz CT molecular complexity index is 960. The zero-order chi connectivity index (χ0) is 20.3. The monoisotopic (exact) mass is 446 g/mol. The molecule has 7 nitrogen and oxygen atoms in total. The van der Waals surface area contributed by atoms with E-state index in [4.69, 9.17) is 8.92 Å². The number of hydrogen-bond donors (Lipinski definition) is 2. The van der Waals surface area contributed by atoms with Gasteiger partial charge in [-0.05, 0) is 67.5 Å². The third kappa shape index (κ3) is 6.66. The van der Waals surface area contributed by atoms with Gasteiger partial charge in [-0.15, -0.1) is 0 Å². The molecule has 2 aromatic rings. The third-order valence-electron chi connectivity index (χ3n) is 4.96. The Morgan fingerprint density at radius 2 is 1.72 bits per heavy atom. The van der Waals surface area contributed by atoms with Crippen LogP contribution in [0.4, 0.5) is 0 Å². The number of rotatable bonds is 3. The molecule has 3 rings (SSSR count). The number of aryl methyl sites for hydroxylation is 2. The Balaban J connectivity index is 0.00000300. The van der Waals surface area contributed by atoms with Crippen molar-refractivity contribution in [2.24, 2.45) is 0 Å². The average molecular weight is 447 g/mol. The van der Waals surface area contributed by atoms with Gasteiger partial charge in [0.2, 0.25) is 10.4 Å². The van der Waals surface area contributed by atoms with Crippen LogP contribution in [0.25, 0.3) is 11.1 Å². The van der Waals surface area contributed by atoms with E-state index < -0.39 is 16.5 Å². The molecule has 4 bridgehead atoms. The van der Waals surface area contributed by atoms with E-state index >= 15 is 0 Å². The number of phenols is 2. The second-order valence-corrected chi connectivity index (χ2v) is 7.97. The number of benzene rings is 2. The fourth-order valence-electron chi connectivity index (χ4n) is 3.56. The summed E-state index contributed by atoms with van der Waals surface area (Å²) in [5.41, 5.74) is 2.68. The number of methoxy groups -OCH3 is 1. The van der Waals surface area contributed by atoms with Gasteiger partial charge < -0.3 is 19.5 Å². The van der Waals surface area contributed by atoms with E-state index in [9.17, 15) is 23.2 Å². The van der Waals surface area contributed by atoms with Crippen molar-refractivity contribution in [2.75, 3.05) is 7.11 Å². The van der Waals surface area contributed by atoms with Crippen LogP contribution < -0.4 is 56.1 Å². The number of aromatic hydroxyl groups is 2. The van der Waals surface area contributed by atoms with E-state index in [1.54, 1.807) is 18.2 Å². The molecule has 1 aliphatic carbocycles. The van der Waals surface area contributed by atoms with Gasteiger partial charge in [0.15, 0.2) is 11.5 Å². The van der Waals surface area contributed by atoms with Crippen molar-refractivity contribution in [3.63, 3.8) is 0 Å². The maximum atomic E-state index is 11.0. The summed E-state index contributed by atoms with van der Waals surface area (Å²) < 4.78 is 43.1. The molecule has 0 fully saturated rings. The van der Waals surface area contributed by atoms with Crippen molar-refractivity contribution in [1.29, 1.82) is 0 Å². The molecule has 1 atom stereocenters. The molecule has 0 radical (unpaired) electrons. The molecule has 0 saturated carbocycles. The van der Waals surface area contributed by atoms with Gasteiger partial charge >= 0.3 is 51.4 Å². The van der Waals surface area contributed by atoms with Crippen LogP contribution in [0.2, 0.25) is 0 Å². The molecule has 0 amide bonds. The van der Waals surface area contributed by atoms with E-state index in [0.29, 0.717) is 49.0 Å². The van der Waals surface area contributed by atoms with Crippen LogP contribution >= 0.6 is 0 Å². The zero-order valence-corrected chi connectivity index (χ0v) is 20.5. The summed E-state index contributed by atoms with van der Waals surface area (Å²) in [5, 5.41) is 20.9. The Kier molecular flexibility index (Phi) is 8.98. The normalized spacial score (nSPS) is 17.2. The topological polar surface area (TPSA) is 116 Å². The van der Waals surface area contributed by atoms with Gasteiger partial charge in [0.05, 0.1) is 13.2 Å². The largest absolute Gasteiger partial charge is 1.00 e. The molecular weight excluding hydrogens is 423 g/mol. The van der Waals surface area contributed by atoms with Crippen molar-refractivity contribution >= 4 is 10.4 Å². The molecule has 0 aliphatic heterocycles. The summed E-state index contributed by atoms with van der Waals surface area (Å²) in [6, 6.07) is 8.57. The maximum absolute atomic E-state index is 11.0. The van der Waals surface area contributed by atoms with Crippen LogP contribution in [0.3, 0.4) is 0 Å². The Morgan fingerprint density at radius 3 is 2.41 bits per heavy atom. The van der Waals surface area contributed by atoms with Gasteiger partial charge in [0.25, 0.3) is 0 Å². The summed E-state index contributed by atoms with van der Waals surface area (Å²) >= 11 is 0. The average Bonchev–Trinajstić information content (AvgIpc) is 2.64. The summed E-state index contributed by atoms with van der Waals surface area (Å²) in [4.78, 5) is 0. The van der Waals surface area contributed by atoms with Crippen LogP contribution in [0.1, 0.15) is 36.8 Å². The first-order valence-electron chi connectivity index (χ1n) is 9.13. The molecular formula is C20H23KO7S. The Hall–Kier alpha value is -0.654. The minimum absolute atomic E-state index is 0. The van der Waals surface area contributed by atoms with Crippen molar-refractivity contribution in [1.82, 2.24) is 0 Å². The number of phenolic OH excluding ortho intramolecular Hbond substituents is 2. The predicted molar refractivity (Wildman–Crippen MR) is 102 cm³/mol.